The average molecular weight is 270 g/mol. The van der Waals surface area contributed by atoms with E-state index in [9.17, 15) is 4.39 Å². The molecule has 0 saturated carbocycles. The molecule has 4 nitrogen and oxygen atoms in total. The van der Waals surface area contributed by atoms with Crippen LogP contribution in [-0.4, -0.2) is 13.2 Å². The number of nitriles is 1. The fourth-order valence-corrected chi connectivity index (χ4v) is 2.01. The van der Waals surface area contributed by atoms with Crippen LogP contribution in [0, 0.1) is 17.1 Å². The maximum atomic E-state index is 13.4. The third-order valence-corrected chi connectivity index (χ3v) is 2.86. The first-order valence-electron chi connectivity index (χ1n) is 6.12. The summed E-state index contributed by atoms with van der Waals surface area (Å²) in [6, 6.07) is 11.4. The highest BCUT2D eigenvalue weighted by Crippen LogP contribution is 2.33. The molecule has 0 unspecified atom stereocenters. The Labute approximate surface area is 115 Å². The SMILES string of the molecule is N#Cc1cc(F)cc(Nc2ccc3c(c2)OCCO3)c1. The molecular weight excluding hydrogens is 259 g/mol. The minimum Gasteiger partial charge on any atom is -0.486 e. The number of fused-ring (bicyclic) bond motifs is 1. The van der Waals surface area contributed by atoms with Crippen molar-refractivity contribution in [2.45, 2.75) is 0 Å². The van der Waals surface area contributed by atoms with Crippen molar-refractivity contribution in [2.75, 3.05) is 18.5 Å². The van der Waals surface area contributed by atoms with Crippen LogP contribution >= 0.6 is 0 Å². The maximum Gasteiger partial charge on any atom is 0.163 e. The van der Waals surface area contributed by atoms with Crippen LogP contribution in [0.2, 0.25) is 0 Å². The molecule has 0 aromatic heterocycles. The van der Waals surface area contributed by atoms with Crippen molar-refractivity contribution in [1.82, 2.24) is 0 Å². The minimum absolute atomic E-state index is 0.269. The quantitative estimate of drug-likeness (QED) is 0.910. The van der Waals surface area contributed by atoms with Gasteiger partial charge in [-0.05, 0) is 30.3 Å². The molecule has 2 aromatic rings. The number of ether oxygens (including phenoxy) is 2. The average Bonchev–Trinajstić information content (AvgIpc) is 2.46. The van der Waals surface area contributed by atoms with Crippen LogP contribution in [0.4, 0.5) is 15.8 Å². The van der Waals surface area contributed by atoms with Crippen molar-refractivity contribution < 1.29 is 13.9 Å². The van der Waals surface area contributed by atoms with E-state index in [4.69, 9.17) is 14.7 Å². The Morgan fingerprint density at radius 3 is 2.60 bits per heavy atom. The van der Waals surface area contributed by atoms with Crippen molar-refractivity contribution in [3.8, 4) is 17.6 Å². The lowest BCUT2D eigenvalue weighted by molar-refractivity contribution is 0.171. The van der Waals surface area contributed by atoms with Gasteiger partial charge in [-0.3, -0.25) is 0 Å². The number of anilines is 2. The molecule has 0 aliphatic carbocycles. The van der Waals surface area contributed by atoms with Crippen molar-refractivity contribution in [2.24, 2.45) is 0 Å². The largest absolute Gasteiger partial charge is 0.486 e. The van der Waals surface area contributed by atoms with Crippen LogP contribution in [0.3, 0.4) is 0 Å². The molecule has 0 atom stereocenters. The van der Waals surface area contributed by atoms with E-state index in [-0.39, 0.29) is 5.56 Å². The van der Waals surface area contributed by atoms with E-state index in [1.54, 1.807) is 18.2 Å². The van der Waals surface area contributed by atoms with E-state index in [1.165, 1.54) is 12.1 Å². The summed E-state index contributed by atoms with van der Waals surface area (Å²) in [5.41, 5.74) is 1.52. The van der Waals surface area contributed by atoms with Gasteiger partial charge >= 0.3 is 0 Å². The Morgan fingerprint density at radius 1 is 1.00 bits per heavy atom. The van der Waals surface area contributed by atoms with Gasteiger partial charge < -0.3 is 14.8 Å². The monoisotopic (exact) mass is 270 g/mol. The molecule has 0 saturated heterocycles. The first-order chi connectivity index (χ1) is 9.74. The minimum atomic E-state index is -0.455. The molecule has 0 radical (unpaired) electrons. The van der Waals surface area contributed by atoms with Crippen LogP contribution in [0.15, 0.2) is 36.4 Å². The van der Waals surface area contributed by atoms with E-state index in [0.29, 0.717) is 30.4 Å². The molecule has 0 spiro atoms. The molecule has 20 heavy (non-hydrogen) atoms. The standard InChI is InChI=1S/C15H11FN2O2/c16-11-5-10(9-17)6-13(7-11)18-12-1-2-14-15(8-12)20-4-3-19-14/h1-2,5-8,18H,3-4H2. The molecular formula is C15H11FN2O2. The third-order valence-electron chi connectivity index (χ3n) is 2.86. The first kappa shape index (κ1) is 12.3. The number of hydrogen-bond donors (Lipinski definition) is 1. The number of nitrogens with one attached hydrogen (secondary N) is 1. The Bertz CT molecular complexity index is 695. The van der Waals surface area contributed by atoms with Gasteiger partial charge in [0.25, 0.3) is 0 Å². The zero-order chi connectivity index (χ0) is 13.9. The summed E-state index contributed by atoms with van der Waals surface area (Å²) in [5.74, 6) is 0.890. The smallest absolute Gasteiger partial charge is 0.163 e. The van der Waals surface area contributed by atoms with Crippen LogP contribution < -0.4 is 14.8 Å². The van der Waals surface area contributed by atoms with Gasteiger partial charge in [0.2, 0.25) is 0 Å². The van der Waals surface area contributed by atoms with Gasteiger partial charge in [-0.1, -0.05) is 0 Å². The summed E-state index contributed by atoms with van der Waals surface area (Å²) < 4.78 is 24.3. The molecule has 1 aliphatic heterocycles. The second-order valence-electron chi connectivity index (χ2n) is 4.32. The summed E-state index contributed by atoms with van der Waals surface area (Å²) in [5, 5.41) is 11.9. The van der Waals surface area contributed by atoms with Crippen molar-refractivity contribution in [3.05, 3.63) is 47.8 Å². The van der Waals surface area contributed by atoms with Crippen LogP contribution in [-0.2, 0) is 0 Å². The molecule has 0 bridgehead atoms. The zero-order valence-electron chi connectivity index (χ0n) is 10.5. The number of halogens is 1. The Hall–Kier alpha value is -2.74. The maximum absolute atomic E-state index is 13.4. The third kappa shape index (κ3) is 2.50. The fraction of sp³-hybridized carbons (Fsp3) is 0.133. The van der Waals surface area contributed by atoms with Gasteiger partial charge in [-0.2, -0.15) is 5.26 Å². The van der Waals surface area contributed by atoms with E-state index >= 15 is 0 Å². The van der Waals surface area contributed by atoms with Crippen molar-refractivity contribution in [3.63, 3.8) is 0 Å². The summed E-state index contributed by atoms with van der Waals surface area (Å²) in [4.78, 5) is 0. The normalized spacial score (nSPS) is 12.6. The van der Waals surface area contributed by atoms with E-state index < -0.39 is 5.82 Å². The number of benzene rings is 2. The Morgan fingerprint density at radius 2 is 1.80 bits per heavy atom. The van der Waals surface area contributed by atoms with Gasteiger partial charge in [0.1, 0.15) is 19.0 Å². The molecule has 0 amide bonds. The second-order valence-corrected chi connectivity index (χ2v) is 4.32. The molecule has 0 fully saturated rings. The molecule has 100 valence electrons. The number of nitrogens with zero attached hydrogens (tertiary/aromatic N) is 1. The van der Waals surface area contributed by atoms with Crippen LogP contribution in [0.25, 0.3) is 0 Å². The van der Waals surface area contributed by atoms with Crippen LogP contribution in [0.5, 0.6) is 11.5 Å². The van der Waals surface area contributed by atoms with E-state index in [1.807, 2.05) is 12.1 Å². The number of rotatable bonds is 2. The summed E-state index contributed by atoms with van der Waals surface area (Å²) >= 11 is 0. The predicted molar refractivity (Wildman–Crippen MR) is 71.8 cm³/mol. The van der Waals surface area contributed by atoms with Gasteiger partial charge in [0, 0.05) is 17.4 Å². The fourth-order valence-electron chi connectivity index (χ4n) is 2.01. The van der Waals surface area contributed by atoms with E-state index in [2.05, 4.69) is 5.32 Å². The molecule has 1 N–H and O–H groups in total. The summed E-state index contributed by atoms with van der Waals surface area (Å²) in [6.45, 7) is 1.05. The lowest BCUT2D eigenvalue weighted by Gasteiger charge is -2.19. The van der Waals surface area contributed by atoms with E-state index in [0.717, 1.165) is 5.69 Å². The first-order valence-corrected chi connectivity index (χ1v) is 6.12. The van der Waals surface area contributed by atoms with Crippen molar-refractivity contribution in [1.29, 1.82) is 5.26 Å². The highest BCUT2D eigenvalue weighted by molar-refractivity contribution is 5.65. The highest BCUT2D eigenvalue weighted by atomic mass is 19.1. The second kappa shape index (κ2) is 5.10. The summed E-state index contributed by atoms with van der Waals surface area (Å²) in [6.07, 6.45) is 0. The van der Waals surface area contributed by atoms with Gasteiger partial charge in [0.15, 0.2) is 11.5 Å². The lowest BCUT2D eigenvalue weighted by Crippen LogP contribution is -2.15. The van der Waals surface area contributed by atoms with Gasteiger partial charge in [-0.15, -0.1) is 0 Å². The Kier molecular flexibility index (Phi) is 3.13. The molecule has 1 aliphatic rings. The van der Waals surface area contributed by atoms with Gasteiger partial charge in [-0.25, -0.2) is 4.39 Å². The Balaban J connectivity index is 1.88. The predicted octanol–water partition coefficient (Wildman–Crippen LogP) is 3.21. The van der Waals surface area contributed by atoms with Crippen molar-refractivity contribution >= 4 is 11.4 Å². The molecule has 3 rings (SSSR count). The zero-order valence-corrected chi connectivity index (χ0v) is 10.5. The van der Waals surface area contributed by atoms with Crippen LogP contribution in [0.1, 0.15) is 5.56 Å². The molecule has 5 heteroatoms. The number of hydrogen-bond acceptors (Lipinski definition) is 4. The molecule has 2 aromatic carbocycles. The highest BCUT2D eigenvalue weighted by Gasteiger charge is 2.12. The topological polar surface area (TPSA) is 54.3 Å². The molecule has 1 heterocycles. The summed E-state index contributed by atoms with van der Waals surface area (Å²) in [7, 11) is 0. The van der Waals surface area contributed by atoms with Gasteiger partial charge in [0.05, 0.1) is 11.6 Å². The lowest BCUT2D eigenvalue weighted by atomic mass is 10.2.